The number of halogens is 1. The lowest BCUT2D eigenvalue weighted by molar-refractivity contribution is -0.115. The molecule has 0 fully saturated rings. The number of nitrogens with one attached hydrogen (secondary N) is 1. The molecule has 2 heterocycles. The van der Waals surface area contributed by atoms with E-state index >= 15 is 0 Å². The molecule has 0 saturated heterocycles. The lowest BCUT2D eigenvalue weighted by atomic mass is 10.3. The van der Waals surface area contributed by atoms with E-state index in [1.54, 1.807) is 25.1 Å². The Labute approximate surface area is 174 Å². The Morgan fingerprint density at radius 2 is 2.25 bits per heavy atom. The van der Waals surface area contributed by atoms with Gasteiger partial charge in [0.1, 0.15) is 5.76 Å². The molecule has 0 spiro atoms. The predicted molar refractivity (Wildman–Crippen MR) is 113 cm³/mol. The van der Waals surface area contributed by atoms with Gasteiger partial charge in [0.2, 0.25) is 5.91 Å². The smallest absolute Gasteiger partial charge is 0.258 e. The van der Waals surface area contributed by atoms with Crippen molar-refractivity contribution in [3.05, 3.63) is 52.5 Å². The third kappa shape index (κ3) is 5.12. The van der Waals surface area contributed by atoms with Crippen LogP contribution in [-0.4, -0.2) is 33.0 Å². The van der Waals surface area contributed by atoms with Crippen molar-refractivity contribution in [3.63, 3.8) is 0 Å². The Balaban J connectivity index is 1.64. The van der Waals surface area contributed by atoms with Crippen molar-refractivity contribution in [1.82, 2.24) is 9.72 Å². The number of thioether (sulfide) groups is 1. The molecule has 7 nitrogen and oxygen atoms in total. The number of amides is 2. The first-order chi connectivity index (χ1) is 13.5. The zero-order chi connectivity index (χ0) is 20.1. The van der Waals surface area contributed by atoms with Gasteiger partial charge in [0.15, 0.2) is 10.6 Å². The number of hydrogen-bond donors (Lipinski definition) is 1. The van der Waals surface area contributed by atoms with Crippen LogP contribution in [-0.2, 0) is 16.1 Å². The number of carbonyl (C=O) groups excluding carboxylic acids is 2. The number of fused-ring (bicyclic) bond motifs is 1. The number of aryl methyl sites for hydroxylation is 1. The molecule has 1 N–H and O–H groups in total. The molecule has 0 aliphatic carbocycles. The lowest BCUT2D eigenvalue weighted by Crippen LogP contribution is -2.18. The minimum absolute atomic E-state index is 0.0916. The van der Waals surface area contributed by atoms with Crippen molar-refractivity contribution in [2.75, 3.05) is 16.8 Å². The fourth-order valence-electron chi connectivity index (χ4n) is 2.41. The second-order valence-electron chi connectivity index (χ2n) is 5.77. The molecule has 1 aromatic carbocycles. The van der Waals surface area contributed by atoms with E-state index in [0.29, 0.717) is 27.9 Å². The van der Waals surface area contributed by atoms with Crippen molar-refractivity contribution < 1.29 is 14.1 Å². The summed E-state index contributed by atoms with van der Waals surface area (Å²) < 4.78 is 7.73. The Kier molecular flexibility index (Phi) is 6.71. The van der Waals surface area contributed by atoms with Crippen molar-refractivity contribution in [2.24, 2.45) is 4.99 Å². The Bertz CT molecular complexity index is 1100. The maximum atomic E-state index is 12.3. The highest BCUT2D eigenvalue weighted by molar-refractivity contribution is 8.00. The van der Waals surface area contributed by atoms with E-state index in [4.69, 9.17) is 16.1 Å². The summed E-state index contributed by atoms with van der Waals surface area (Å²) in [6, 6.07) is 7.16. The van der Waals surface area contributed by atoms with Crippen molar-refractivity contribution in [3.8, 4) is 0 Å². The number of carbonyl (C=O) groups is 2. The van der Waals surface area contributed by atoms with E-state index in [0.717, 1.165) is 10.2 Å². The summed E-state index contributed by atoms with van der Waals surface area (Å²) in [6.45, 7) is 6.02. The third-order valence-electron chi connectivity index (χ3n) is 3.53. The van der Waals surface area contributed by atoms with Crippen LogP contribution < -0.4 is 10.1 Å². The van der Waals surface area contributed by atoms with E-state index in [1.807, 2.05) is 16.7 Å². The second kappa shape index (κ2) is 9.22. The number of nitrogens with zero attached hydrogens (tertiary/aromatic N) is 3. The SMILES string of the molecule is C=CCn1c(=NC(=O)CSCC(=O)Nc2cc(C)on2)sc2cc(Cl)ccc21. The van der Waals surface area contributed by atoms with Crippen LogP contribution in [0.1, 0.15) is 5.76 Å². The molecule has 0 radical (unpaired) electrons. The van der Waals surface area contributed by atoms with Gasteiger partial charge >= 0.3 is 0 Å². The zero-order valence-corrected chi connectivity index (χ0v) is 17.4. The number of aromatic nitrogens is 2. The number of benzene rings is 1. The van der Waals surface area contributed by atoms with E-state index in [2.05, 4.69) is 22.0 Å². The van der Waals surface area contributed by atoms with Crippen molar-refractivity contribution >= 4 is 62.5 Å². The molecule has 0 unspecified atom stereocenters. The summed E-state index contributed by atoms with van der Waals surface area (Å²) in [5.41, 5.74) is 0.941. The van der Waals surface area contributed by atoms with Crippen LogP contribution in [0.2, 0.25) is 5.02 Å². The molecule has 28 heavy (non-hydrogen) atoms. The van der Waals surface area contributed by atoms with Gasteiger partial charge in [-0.2, -0.15) is 4.99 Å². The molecular weight excluding hydrogens is 420 g/mol. The first-order valence-corrected chi connectivity index (χ1v) is 10.6. The average molecular weight is 437 g/mol. The van der Waals surface area contributed by atoms with Gasteiger partial charge in [-0.3, -0.25) is 9.59 Å². The Hall–Kier alpha value is -2.36. The molecule has 0 aliphatic heterocycles. The topological polar surface area (TPSA) is 89.5 Å². The summed E-state index contributed by atoms with van der Waals surface area (Å²) in [5, 5.41) is 6.92. The molecule has 0 bridgehead atoms. The van der Waals surface area contributed by atoms with Gasteiger partial charge in [-0.25, -0.2) is 0 Å². The van der Waals surface area contributed by atoms with Crippen LogP contribution >= 0.6 is 34.7 Å². The van der Waals surface area contributed by atoms with Crippen LogP contribution in [0.15, 0.2) is 46.4 Å². The number of allylic oxidation sites excluding steroid dienone is 1. The molecule has 146 valence electrons. The summed E-state index contributed by atoms with van der Waals surface area (Å²) in [4.78, 5) is 28.9. The highest BCUT2D eigenvalue weighted by Gasteiger charge is 2.10. The normalized spacial score (nSPS) is 11.7. The first-order valence-electron chi connectivity index (χ1n) is 8.24. The molecule has 0 saturated carbocycles. The molecule has 3 aromatic rings. The largest absolute Gasteiger partial charge is 0.360 e. The summed E-state index contributed by atoms with van der Waals surface area (Å²) in [6.07, 6.45) is 1.75. The van der Waals surface area contributed by atoms with Crippen LogP contribution in [0.5, 0.6) is 0 Å². The van der Waals surface area contributed by atoms with Crippen LogP contribution in [0.25, 0.3) is 10.2 Å². The molecule has 2 amide bonds. The molecule has 0 aliphatic rings. The molecular formula is C18H17ClN4O3S2. The number of anilines is 1. The highest BCUT2D eigenvalue weighted by Crippen LogP contribution is 2.22. The van der Waals surface area contributed by atoms with E-state index in [9.17, 15) is 9.59 Å². The van der Waals surface area contributed by atoms with E-state index in [1.165, 1.54) is 23.1 Å². The first kappa shape index (κ1) is 20.4. The quantitative estimate of drug-likeness (QED) is 0.571. The molecule has 10 heteroatoms. The van der Waals surface area contributed by atoms with Gasteiger partial charge in [-0.15, -0.1) is 18.3 Å². The Morgan fingerprint density at radius 1 is 1.43 bits per heavy atom. The van der Waals surface area contributed by atoms with Gasteiger partial charge in [0.25, 0.3) is 5.91 Å². The van der Waals surface area contributed by atoms with Crippen LogP contribution in [0.4, 0.5) is 5.82 Å². The van der Waals surface area contributed by atoms with Gasteiger partial charge in [-0.1, -0.05) is 34.2 Å². The van der Waals surface area contributed by atoms with Crippen molar-refractivity contribution in [2.45, 2.75) is 13.5 Å². The summed E-state index contributed by atoms with van der Waals surface area (Å²) >= 11 is 8.62. The zero-order valence-electron chi connectivity index (χ0n) is 15.0. The number of rotatable bonds is 7. The fourth-order valence-corrected chi connectivity index (χ4v) is 4.34. The van der Waals surface area contributed by atoms with Gasteiger partial charge < -0.3 is 14.4 Å². The molecule has 2 aromatic heterocycles. The number of hydrogen-bond acceptors (Lipinski definition) is 6. The van der Waals surface area contributed by atoms with Crippen molar-refractivity contribution in [1.29, 1.82) is 0 Å². The van der Waals surface area contributed by atoms with Gasteiger partial charge in [0.05, 0.1) is 21.7 Å². The van der Waals surface area contributed by atoms with E-state index < -0.39 is 0 Å². The van der Waals surface area contributed by atoms with Crippen LogP contribution in [0, 0.1) is 6.92 Å². The molecule has 0 atom stereocenters. The fraction of sp³-hybridized carbons (Fsp3) is 0.222. The average Bonchev–Trinajstić information content (AvgIpc) is 3.18. The molecule has 3 rings (SSSR count). The monoisotopic (exact) mass is 436 g/mol. The summed E-state index contributed by atoms with van der Waals surface area (Å²) in [7, 11) is 0. The number of thiazole rings is 1. The maximum Gasteiger partial charge on any atom is 0.258 e. The lowest BCUT2D eigenvalue weighted by Gasteiger charge is -2.01. The minimum Gasteiger partial charge on any atom is -0.360 e. The summed E-state index contributed by atoms with van der Waals surface area (Å²) in [5.74, 6) is 0.591. The second-order valence-corrected chi connectivity index (χ2v) is 8.20. The maximum absolute atomic E-state index is 12.3. The van der Waals surface area contributed by atoms with Gasteiger partial charge in [0, 0.05) is 17.6 Å². The third-order valence-corrected chi connectivity index (χ3v) is 5.72. The highest BCUT2D eigenvalue weighted by atomic mass is 35.5. The van der Waals surface area contributed by atoms with Crippen LogP contribution in [0.3, 0.4) is 0 Å². The minimum atomic E-state index is -0.314. The predicted octanol–water partition coefficient (Wildman–Crippen LogP) is 3.64. The standard InChI is InChI=1S/C18H17ClN4O3S2/c1-3-6-23-13-5-4-12(19)8-14(13)28-18(23)21-17(25)10-27-9-16(24)20-15-7-11(2)26-22-15/h3-5,7-8H,1,6,9-10H2,2H3,(H,20,22,24). The van der Waals surface area contributed by atoms with Gasteiger partial charge in [-0.05, 0) is 25.1 Å². The Morgan fingerprint density at radius 3 is 2.96 bits per heavy atom. The van der Waals surface area contributed by atoms with E-state index in [-0.39, 0.29) is 23.3 Å².